The van der Waals surface area contributed by atoms with E-state index in [1.54, 1.807) is 18.3 Å². The lowest BCUT2D eigenvalue weighted by Crippen LogP contribution is -2.30. The monoisotopic (exact) mass is 333 g/mol. The fourth-order valence-electron chi connectivity index (χ4n) is 1.83. The van der Waals surface area contributed by atoms with Crippen LogP contribution in [0.5, 0.6) is 0 Å². The molecular weight excluding hydrogens is 318 g/mol. The lowest BCUT2D eigenvalue weighted by atomic mass is 10.1. The predicted octanol–water partition coefficient (Wildman–Crippen LogP) is 3.52. The predicted molar refractivity (Wildman–Crippen MR) is 83.8 cm³/mol. The molecule has 0 aliphatic carbocycles. The van der Waals surface area contributed by atoms with Crippen molar-refractivity contribution in [1.82, 2.24) is 10.3 Å². The number of nitrogens with zero attached hydrogens (tertiary/aromatic N) is 1. The Morgan fingerprint density at radius 1 is 1.30 bits per heavy atom. The van der Waals surface area contributed by atoms with E-state index in [4.69, 9.17) is 0 Å². The van der Waals surface area contributed by atoms with E-state index in [0.717, 1.165) is 10.9 Å². The number of carbonyl (C=O) groups is 1. The second-order valence-corrected chi connectivity index (χ2v) is 5.33. The topological polar surface area (TPSA) is 54.0 Å². The lowest BCUT2D eigenvalue weighted by Gasteiger charge is -2.08. The van der Waals surface area contributed by atoms with Crippen LogP contribution < -0.4 is 10.6 Å². The summed E-state index contributed by atoms with van der Waals surface area (Å²) < 4.78 is 0.878. The Hall–Kier alpha value is -1.88. The van der Waals surface area contributed by atoms with Gasteiger partial charge in [0.2, 0.25) is 0 Å². The number of carbonyl (C=O) groups excluding carboxylic acids is 1. The van der Waals surface area contributed by atoms with Gasteiger partial charge in [0.05, 0.1) is 0 Å². The van der Waals surface area contributed by atoms with Crippen LogP contribution in [0.1, 0.15) is 11.1 Å². The quantitative estimate of drug-likeness (QED) is 0.899. The van der Waals surface area contributed by atoms with Gasteiger partial charge in [-0.1, -0.05) is 40.2 Å². The average Bonchev–Trinajstić information content (AvgIpc) is 2.41. The molecule has 0 unspecified atom stereocenters. The van der Waals surface area contributed by atoms with E-state index in [-0.39, 0.29) is 6.03 Å². The average molecular weight is 334 g/mol. The van der Waals surface area contributed by atoms with Gasteiger partial charge < -0.3 is 5.32 Å². The summed E-state index contributed by atoms with van der Waals surface area (Å²) in [4.78, 5) is 15.8. The second kappa shape index (κ2) is 7.05. The summed E-state index contributed by atoms with van der Waals surface area (Å²) >= 11 is 3.33. The van der Waals surface area contributed by atoms with Crippen LogP contribution in [0.2, 0.25) is 0 Å². The van der Waals surface area contributed by atoms with Crippen LogP contribution in [0.15, 0.2) is 47.1 Å². The molecule has 2 amide bonds. The van der Waals surface area contributed by atoms with E-state index >= 15 is 0 Å². The van der Waals surface area contributed by atoms with Gasteiger partial charge >= 0.3 is 6.03 Å². The highest BCUT2D eigenvalue weighted by Gasteiger charge is 2.03. The third-order valence-electron chi connectivity index (χ3n) is 2.90. The summed E-state index contributed by atoms with van der Waals surface area (Å²) in [6.45, 7) is 2.66. The van der Waals surface area contributed by atoms with E-state index in [1.807, 2.05) is 12.1 Å². The molecule has 0 fully saturated rings. The van der Waals surface area contributed by atoms with Crippen LogP contribution in [0.4, 0.5) is 10.6 Å². The van der Waals surface area contributed by atoms with Gasteiger partial charge in [-0.3, -0.25) is 5.32 Å². The molecule has 0 saturated heterocycles. The number of hydrogen-bond donors (Lipinski definition) is 2. The molecule has 5 heteroatoms. The number of hydrogen-bond acceptors (Lipinski definition) is 2. The minimum Gasteiger partial charge on any atom is -0.337 e. The van der Waals surface area contributed by atoms with E-state index in [1.165, 1.54) is 11.1 Å². The maximum Gasteiger partial charge on any atom is 0.320 e. The molecule has 0 saturated carbocycles. The molecule has 0 bridgehead atoms. The van der Waals surface area contributed by atoms with Crippen LogP contribution in [-0.2, 0) is 6.42 Å². The Balaban J connectivity index is 1.80. The normalized spacial score (nSPS) is 10.1. The molecule has 1 heterocycles. The Morgan fingerprint density at radius 2 is 2.10 bits per heavy atom. The molecule has 2 rings (SSSR count). The molecule has 1 aromatic carbocycles. The maximum absolute atomic E-state index is 11.7. The third-order valence-corrected chi connectivity index (χ3v) is 3.40. The largest absolute Gasteiger partial charge is 0.337 e. The molecule has 0 spiro atoms. The van der Waals surface area contributed by atoms with Crippen molar-refractivity contribution in [3.05, 3.63) is 58.2 Å². The number of aromatic nitrogens is 1. The van der Waals surface area contributed by atoms with Crippen LogP contribution in [0.3, 0.4) is 0 Å². The number of aryl methyl sites for hydroxylation is 1. The molecule has 0 atom stereocenters. The first-order chi connectivity index (χ1) is 9.65. The number of amides is 2. The van der Waals surface area contributed by atoms with Gasteiger partial charge in [-0.05, 0) is 36.6 Å². The minimum atomic E-state index is -0.246. The van der Waals surface area contributed by atoms with Crippen molar-refractivity contribution in [2.24, 2.45) is 0 Å². The van der Waals surface area contributed by atoms with Gasteiger partial charge in [0.1, 0.15) is 5.82 Å². The Bertz CT molecular complexity index is 601. The molecule has 0 aliphatic rings. The highest BCUT2D eigenvalue weighted by atomic mass is 79.9. The minimum absolute atomic E-state index is 0.246. The van der Waals surface area contributed by atoms with Crippen molar-refractivity contribution in [3.8, 4) is 0 Å². The molecule has 1 aromatic heterocycles. The summed E-state index contributed by atoms with van der Waals surface area (Å²) in [6.07, 6.45) is 2.44. The fourth-order valence-corrected chi connectivity index (χ4v) is 2.17. The molecular formula is C15H16BrN3O. The fraction of sp³-hybridized carbons (Fsp3) is 0.200. The number of nitrogens with one attached hydrogen (secondary N) is 2. The second-order valence-electron chi connectivity index (χ2n) is 4.42. The summed E-state index contributed by atoms with van der Waals surface area (Å²) in [5.74, 6) is 0.521. The van der Waals surface area contributed by atoms with Crippen molar-refractivity contribution in [3.63, 3.8) is 0 Å². The maximum atomic E-state index is 11.7. The van der Waals surface area contributed by atoms with Gasteiger partial charge in [0.25, 0.3) is 0 Å². The Morgan fingerprint density at radius 3 is 2.85 bits per heavy atom. The van der Waals surface area contributed by atoms with Crippen molar-refractivity contribution in [2.75, 3.05) is 11.9 Å². The zero-order valence-electron chi connectivity index (χ0n) is 11.2. The standard InChI is InChI=1S/C15H16BrN3O/c1-11-4-2-3-5-12(11)6-8-18-15(20)19-14-10-13(16)7-9-17-14/h2-5,7,9-10H,6,8H2,1H3,(H2,17,18,19,20). The zero-order valence-corrected chi connectivity index (χ0v) is 12.8. The molecule has 0 radical (unpaired) electrons. The van der Waals surface area contributed by atoms with E-state index in [2.05, 4.69) is 50.6 Å². The molecule has 2 N–H and O–H groups in total. The summed E-state index contributed by atoms with van der Waals surface area (Å²) in [7, 11) is 0. The highest BCUT2D eigenvalue weighted by molar-refractivity contribution is 9.10. The van der Waals surface area contributed by atoms with Crippen LogP contribution in [0.25, 0.3) is 0 Å². The number of anilines is 1. The Kier molecular flexibility index (Phi) is 5.12. The first-order valence-electron chi connectivity index (χ1n) is 6.36. The van der Waals surface area contributed by atoms with Gasteiger partial charge in [0.15, 0.2) is 0 Å². The number of pyridine rings is 1. The molecule has 2 aromatic rings. The zero-order chi connectivity index (χ0) is 14.4. The molecule has 104 valence electrons. The van der Waals surface area contributed by atoms with Crippen molar-refractivity contribution in [2.45, 2.75) is 13.3 Å². The summed E-state index contributed by atoms with van der Waals surface area (Å²) in [6, 6.07) is 11.5. The molecule has 0 aliphatic heterocycles. The highest BCUT2D eigenvalue weighted by Crippen LogP contribution is 2.12. The van der Waals surface area contributed by atoms with Crippen molar-refractivity contribution in [1.29, 1.82) is 0 Å². The SMILES string of the molecule is Cc1ccccc1CCNC(=O)Nc1cc(Br)ccn1. The first-order valence-corrected chi connectivity index (χ1v) is 7.15. The molecule has 20 heavy (non-hydrogen) atoms. The molecule has 4 nitrogen and oxygen atoms in total. The van der Waals surface area contributed by atoms with Gasteiger partial charge in [-0.2, -0.15) is 0 Å². The van der Waals surface area contributed by atoms with Gasteiger partial charge in [-0.25, -0.2) is 9.78 Å². The number of halogens is 1. The smallest absolute Gasteiger partial charge is 0.320 e. The van der Waals surface area contributed by atoms with Gasteiger partial charge in [0, 0.05) is 17.2 Å². The van der Waals surface area contributed by atoms with E-state index in [9.17, 15) is 4.79 Å². The van der Waals surface area contributed by atoms with Crippen molar-refractivity contribution < 1.29 is 4.79 Å². The summed E-state index contributed by atoms with van der Waals surface area (Å²) in [5, 5.41) is 5.51. The lowest BCUT2D eigenvalue weighted by molar-refractivity contribution is 0.252. The van der Waals surface area contributed by atoms with E-state index in [0.29, 0.717) is 12.4 Å². The van der Waals surface area contributed by atoms with Crippen LogP contribution in [-0.4, -0.2) is 17.6 Å². The van der Waals surface area contributed by atoms with Crippen LogP contribution >= 0.6 is 15.9 Å². The number of rotatable bonds is 4. The third kappa shape index (κ3) is 4.35. The Labute approximate surface area is 126 Å². The first kappa shape index (κ1) is 14.5. The number of urea groups is 1. The van der Waals surface area contributed by atoms with Crippen LogP contribution in [0, 0.1) is 6.92 Å². The van der Waals surface area contributed by atoms with Gasteiger partial charge in [-0.15, -0.1) is 0 Å². The summed E-state index contributed by atoms with van der Waals surface area (Å²) in [5.41, 5.74) is 2.48. The number of benzene rings is 1. The van der Waals surface area contributed by atoms with E-state index < -0.39 is 0 Å². The van der Waals surface area contributed by atoms with Crippen molar-refractivity contribution >= 4 is 27.8 Å².